The van der Waals surface area contributed by atoms with Gasteiger partial charge in [-0.1, -0.05) is 60.5 Å². The zero-order valence-corrected chi connectivity index (χ0v) is 25.1. The summed E-state index contributed by atoms with van der Waals surface area (Å²) in [6.07, 6.45) is 0.292. The number of halogens is 2. The molecule has 2 amide bonds. The van der Waals surface area contributed by atoms with Crippen LogP contribution in [0.2, 0.25) is 10.0 Å². The van der Waals surface area contributed by atoms with Crippen LogP contribution >= 0.6 is 23.2 Å². The van der Waals surface area contributed by atoms with Gasteiger partial charge >= 0.3 is 0 Å². The summed E-state index contributed by atoms with van der Waals surface area (Å²) in [6, 6.07) is 18.1. The molecule has 0 aromatic heterocycles. The van der Waals surface area contributed by atoms with Crippen LogP contribution in [0.25, 0.3) is 0 Å². The van der Waals surface area contributed by atoms with Gasteiger partial charge in [0, 0.05) is 28.7 Å². The number of ether oxygens (including phenoxy) is 1. The predicted octanol–water partition coefficient (Wildman–Crippen LogP) is 5.53. The van der Waals surface area contributed by atoms with E-state index >= 15 is 0 Å². The van der Waals surface area contributed by atoms with Crippen LogP contribution < -0.4 is 14.4 Å². The van der Waals surface area contributed by atoms with Gasteiger partial charge in [0.1, 0.15) is 18.3 Å². The van der Waals surface area contributed by atoms with Gasteiger partial charge in [0.2, 0.25) is 11.8 Å². The zero-order chi connectivity index (χ0) is 29.4. The largest absolute Gasteiger partial charge is 0.497 e. The molecular formula is C29H33Cl2N3O5S. The highest BCUT2D eigenvalue weighted by Gasteiger charge is 2.34. The standard InChI is InChI=1S/C29H33Cl2N3O5S/c1-5-27(29(36)32-20(2)3)33(18-21-14-15-22(30)16-26(21)31)28(35)19-34(23-10-9-11-24(17-23)39-4)40(37,38)25-12-7-6-8-13-25/h6-17,20,27H,5,18-19H2,1-4H3,(H,32,36)/t27-/m1/s1. The van der Waals surface area contributed by atoms with E-state index in [9.17, 15) is 18.0 Å². The molecule has 0 saturated carbocycles. The van der Waals surface area contributed by atoms with Gasteiger partial charge in [0.15, 0.2) is 0 Å². The molecule has 0 unspecified atom stereocenters. The number of anilines is 1. The van der Waals surface area contributed by atoms with Crippen molar-refractivity contribution in [2.24, 2.45) is 0 Å². The molecule has 3 aromatic carbocycles. The molecule has 0 spiro atoms. The van der Waals surface area contributed by atoms with Crippen molar-refractivity contribution in [1.29, 1.82) is 0 Å². The summed E-state index contributed by atoms with van der Waals surface area (Å²) in [7, 11) is -2.71. The summed E-state index contributed by atoms with van der Waals surface area (Å²) in [6.45, 7) is 4.83. The second-order valence-corrected chi connectivity index (χ2v) is 12.1. The highest BCUT2D eigenvalue weighted by molar-refractivity contribution is 7.92. The molecule has 1 atom stereocenters. The summed E-state index contributed by atoms with van der Waals surface area (Å²) in [4.78, 5) is 28.7. The Labute approximate surface area is 245 Å². The van der Waals surface area contributed by atoms with Crippen LogP contribution in [0.15, 0.2) is 77.7 Å². The maximum atomic E-state index is 14.1. The Morgan fingerprint density at radius 2 is 1.68 bits per heavy atom. The van der Waals surface area contributed by atoms with Crippen molar-refractivity contribution in [2.75, 3.05) is 18.0 Å². The number of carbonyl (C=O) groups excluding carboxylic acids is 2. The van der Waals surface area contributed by atoms with E-state index in [-0.39, 0.29) is 29.1 Å². The van der Waals surface area contributed by atoms with E-state index in [1.807, 2.05) is 13.8 Å². The Kier molecular flexibility index (Phi) is 10.8. The molecule has 0 bridgehead atoms. The number of methoxy groups -OCH3 is 1. The number of nitrogens with one attached hydrogen (secondary N) is 1. The van der Waals surface area contributed by atoms with Crippen LogP contribution in [-0.2, 0) is 26.2 Å². The normalized spacial score (nSPS) is 12.1. The number of rotatable bonds is 12. The fourth-order valence-electron chi connectivity index (χ4n) is 4.15. The molecular weight excluding hydrogens is 573 g/mol. The highest BCUT2D eigenvalue weighted by Crippen LogP contribution is 2.28. The minimum Gasteiger partial charge on any atom is -0.497 e. The number of carbonyl (C=O) groups is 2. The molecule has 0 fully saturated rings. The lowest BCUT2D eigenvalue weighted by Crippen LogP contribution is -2.53. The van der Waals surface area contributed by atoms with Crippen LogP contribution in [0.3, 0.4) is 0 Å². The molecule has 214 valence electrons. The van der Waals surface area contributed by atoms with Crippen molar-refractivity contribution >= 4 is 50.7 Å². The zero-order valence-electron chi connectivity index (χ0n) is 22.8. The number of nitrogens with zero attached hydrogens (tertiary/aromatic N) is 2. The predicted molar refractivity (Wildman–Crippen MR) is 158 cm³/mol. The molecule has 40 heavy (non-hydrogen) atoms. The fraction of sp³-hybridized carbons (Fsp3) is 0.310. The van der Waals surface area contributed by atoms with Gasteiger partial charge < -0.3 is 15.0 Å². The van der Waals surface area contributed by atoms with E-state index in [0.29, 0.717) is 27.8 Å². The first-order valence-electron chi connectivity index (χ1n) is 12.7. The summed E-state index contributed by atoms with van der Waals surface area (Å²) in [5.74, 6) is -0.514. The molecule has 11 heteroatoms. The van der Waals surface area contributed by atoms with E-state index in [4.69, 9.17) is 27.9 Å². The first kappa shape index (κ1) is 31.3. The van der Waals surface area contributed by atoms with E-state index in [1.165, 1.54) is 30.2 Å². The first-order valence-corrected chi connectivity index (χ1v) is 14.9. The van der Waals surface area contributed by atoms with Crippen LogP contribution in [0.4, 0.5) is 5.69 Å². The van der Waals surface area contributed by atoms with E-state index in [1.54, 1.807) is 61.5 Å². The van der Waals surface area contributed by atoms with Crippen molar-refractivity contribution in [1.82, 2.24) is 10.2 Å². The van der Waals surface area contributed by atoms with Gasteiger partial charge in [-0.25, -0.2) is 8.42 Å². The minimum absolute atomic E-state index is 0.0162. The van der Waals surface area contributed by atoms with Crippen molar-refractivity contribution in [3.8, 4) is 5.75 Å². The lowest BCUT2D eigenvalue weighted by molar-refractivity contribution is -0.140. The molecule has 0 heterocycles. The number of hydrogen-bond acceptors (Lipinski definition) is 5. The van der Waals surface area contributed by atoms with Crippen LogP contribution in [-0.4, -0.2) is 50.9 Å². The molecule has 3 rings (SSSR count). The molecule has 0 aliphatic rings. The van der Waals surface area contributed by atoms with Gasteiger partial charge in [0.05, 0.1) is 17.7 Å². The molecule has 3 aromatic rings. The lowest BCUT2D eigenvalue weighted by atomic mass is 10.1. The maximum Gasteiger partial charge on any atom is 0.264 e. The Hall–Kier alpha value is -3.27. The molecule has 0 saturated heterocycles. The summed E-state index contributed by atoms with van der Waals surface area (Å²) < 4.78 is 34.0. The topological polar surface area (TPSA) is 96.0 Å². The monoisotopic (exact) mass is 605 g/mol. The first-order chi connectivity index (χ1) is 19.0. The third kappa shape index (κ3) is 7.68. The summed E-state index contributed by atoms with van der Waals surface area (Å²) >= 11 is 12.5. The highest BCUT2D eigenvalue weighted by atomic mass is 35.5. The van der Waals surface area contributed by atoms with E-state index < -0.39 is 28.5 Å². The Balaban J connectivity index is 2.09. The van der Waals surface area contributed by atoms with Crippen LogP contribution in [0.5, 0.6) is 5.75 Å². The van der Waals surface area contributed by atoms with Gasteiger partial charge in [-0.15, -0.1) is 0 Å². The van der Waals surface area contributed by atoms with Gasteiger partial charge in [-0.3, -0.25) is 13.9 Å². The molecule has 1 N–H and O–H groups in total. The SMILES string of the molecule is CC[C@H](C(=O)NC(C)C)N(Cc1ccc(Cl)cc1Cl)C(=O)CN(c1cccc(OC)c1)S(=O)(=O)c1ccccc1. The maximum absolute atomic E-state index is 14.1. The van der Waals surface area contributed by atoms with Crippen molar-refractivity contribution in [2.45, 2.75) is 50.7 Å². The van der Waals surface area contributed by atoms with Crippen LogP contribution in [0, 0.1) is 0 Å². The Bertz CT molecular complexity index is 1430. The third-order valence-electron chi connectivity index (χ3n) is 6.12. The molecule has 0 aliphatic carbocycles. The van der Waals surface area contributed by atoms with Crippen molar-refractivity contribution in [3.05, 3.63) is 88.4 Å². The number of amides is 2. The molecule has 8 nitrogen and oxygen atoms in total. The lowest BCUT2D eigenvalue weighted by Gasteiger charge is -2.33. The van der Waals surface area contributed by atoms with Crippen LogP contribution in [0.1, 0.15) is 32.8 Å². The van der Waals surface area contributed by atoms with E-state index in [0.717, 1.165) is 4.31 Å². The molecule has 0 radical (unpaired) electrons. The molecule has 0 aliphatic heterocycles. The number of sulfonamides is 1. The third-order valence-corrected chi connectivity index (χ3v) is 8.50. The number of benzene rings is 3. The average molecular weight is 607 g/mol. The second kappa shape index (κ2) is 13.9. The minimum atomic E-state index is -4.18. The van der Waals surface area contributed by atoms with Gasteiger partial charge in [-0.05, 0) is 62.2 Å². The van der Waals surface area contributed by atoms with Gasteiger partial charge in [-0.2, -0.15) is 0 Å². The van der Waals surface area contributed by atoms with Gasteiger partial charge in [0.25, 0.3) is 10.0 Å². The summed E-state index contributed by atoms with van der Waals surface area (Å²) in [5.41, 5.74) is 0.801. The Morgan fingerprint density at radius 3 is 2.27 bits per heavy atom. The number of hydrogen-bond donors (Lipinski definition) is 1. The van der Waals surface area contributed by atoms with E-state index in [2.05, 4.69) is 5.32 Å². The van der Waals surface area contributed by atoms with Crippen molar-refractivity contribution in [3.63, 3.8) is 0 Å². The summed E-state index contributed by atoms with van der Waals surface area (Å²) in [5, 5.41) is 3.61. The Morgan fingerprint density at radius 1 is 0.975 bits per heavy atom. The quantitative estimate of drug-likeness (QED) is 0.293. The smallest absolute Gasteiger partial charge is 0.264 e. The van der Waals surface area contributed by atoms with Crippen molar-refractivity contribution < 1.29 is 22.7 Å². The fourth-order valence-corrected chi connectivity index (χ4v) is 6.04. The second-order valence-electron chi connectivity index (χ2n) is 9.37. The average Bonchev–Trinajstić information content (AvgIpc) is 2.92.